The van der Waals surface area contributed by atoms with E-state index in [4.69, 9.17) is 16.3 Å². The van der Waals surface area contributed by atoms with E-state index in [1.165, 1.54) is 6.42 Å². The third kappa shape index (κ3) is 2.19. The van der Waals surface area contributed by atoms with Gasteiger partial charge in [0.1, 0.15) is 0 Å². The number of alkyl halides is 1. The fourth-order valence-electron chi connectivity index (χ4n) is 2.51. The maximum absolute atomic E-state index is 5.98. The van der Waals surface area contributed by atoms with Gasteiger partial charge in [0.05, 0.1) is 6.10 Å². The summed E-state index contributed by atoms with van der Waals surface area (Å²) in [7, 11) is 1.81. The predicted molar refractivity (Wildman–Crippen MR) is 57.1 cm³/mol. The first-order valence-electron chi connectivity index (χ1n) is 5.20. The maximum Gasteiger partial charge on any atom is 0.0616 e. The Bertz CT molecular complexity index is 158. The summed E-state index contributed by atoms with van der Waals surface area (Å²) in [5.41, 5.74) is 0. The van der Waals surface area contributed by atoms with Crippen LogP contribution in [0.1, 0.15) is 27.2 Å². The molecule has 1 rings (SSSR count). The largest absolute Gasteiger partial charge is 0.381 e. The van der Waals surface area contributed by atoms with Crippen LogP contribution in [0.4, 0.5) is 0 Å². The van der Waals surface area contributed by atoms with Crippen LogP contribution in [-0.2, 0) is 4.74 Å². The molecule has 1 aliphatic carbocycles. The minimum absolute atomic E-state index is 0.374. The minimum Gasteiger partial charge on any atom is -0.381 e. The standard InChI is InChI=1S/C11H21ClO/c1-7-5-11(13-4)10(6-12)9(3)8(7)2/h7-11H,5-6H2,1-4H3. The monoisotopic (exact) mass is 204 g/mol. The van der Waals surface area contributed by atoms with Crippen molar-refractivity contribution >= 4 is 11.6 Å². The summed E-state index contributed by atoms with van der Waals surface area (Å²) in [4.78, 5) is 0. The number of halogens is 1. The van der Waals surface area contributed by atoms with E-state index in [1.807, 2.05) is 0 Å². The van der Waals surface area contributed by atoms with Crippen LogP contribution >= 0.6 is 11.6 Å². The molecule has 0 spiro atoms. The molecule has 0 N–H and O–H groups in total. The first-order chi connectivity index (χ1) is 6.11. The van der Waals surface area contributed by atoms with Crippen molar-refractivity contribution < 1.29 is 4.74 Å². The SMILES string of the molecule is COC1CC(C)C(C)C(C)C1CCl. The molecular formula is C11H21ClO. The smallest absolute Gasteiger partial charge is 0.0616 e. The van der Waals surface area contributed by atoms with Crippen molar-refractivity contribution in [3.05, 3.63) is 0 Å². The molecule has 0 aromatic heterocycles. The average Bonchev–Trinajstić information content (AvgIpc) is 2.13. The molecule has 78 valence electrons. The Morgan fingerprint density at radius 1 is 1.23 bits per heavy atom. The summed E-state index contributed by atoms with van der Waals surface area (Å²) in [6.07, 6.45) is 1.54. The Balaban J connectivity index is 2.69. The maximum atomic E-state index is 5.98. The van der Waals surface area contributed by atoms with Gasteiger partial charge >= 0.3 is 0 Å². The summed E-state index contributed by atoms with van der Waals surface area (Å²) in [5.74, 6) is 3.50. The molecule has 5 atom stereocenters. The van der Waals surface area contributed by atoms with Gasteiger partial charge in [-0.15, -0.1) is 11.6 Å². The Morgan fingerprint density at radius 3 is 2.31 bits per heavy atom. The second kappa shape index (κ2) is 4.65. The third-order valence-corrected chi connectivity index (χ3v) is 4.32. The third-order valence-electron chi connectivity index (χ3n) is 3.96. The lowest BCUT2D eigenvalue weighted by molar-refractivity contribution is -0.0327. The van der Waals surface area contributed by atoms with E-state index in [2.05, 4.69) is 20.8 Å². The van der Waals surface area contributed by atoms with Gasteiger partial charge in [-0.05, 0) is 24.2 Å². The van der Waals surface area contributed by atoms with E-state index in [1.54, 1.807) is 7.11 Å². The summed E-state index contributed by atoms with van der Waals surface area (Å²) < 4.78 is 5.50. The first-order valence-corrected chi connectivity index (χ1v) is 5.74. The van der Waals surface area contributed by atoms with Gasteiger partial charge in [-0.3, -0.25) is 0 Å². The van der Waals surface area contributed by atoms with Crippen molar-refractivity contribution in [1.29, 1.82) is 0 Å². The molecular weight excluding hydrogens is 184 g/mol. The van der Waals surface area contributed by atoms with Crippen molar-refractivity contribution in [3.63, 3.8) is 0 Å². The Hall–Kier alpha value is 0.250. The fraction of sp³-hybridized carbons (Fsp3) is 1.00. The zero-order chi connectivity index (χ0) is 10.0. The molecule has 0 bridgehead atoms. The lowest BCUT2D eigenvalue weighted by Gasteiger charge is -2.42. The van der Waals surface area contributed by atoms with Crippen LogP contribution in [0.25, 0.3) is 0 Å². The molecule has 0 aromatic rings. The van der Waals surface area contributed by atoms with Gasteiger partial charge in [-0.1, -0.05) is 20.8 Å². The van der Waals surface area contributed by atoms with E-state index in [0.717, 1.165) is 17.7 Å². The first kappa shape index (κ1) is 11.3. The summed E-state index contributed by atoms with van der Waals surface area (Å²) in [5, 5.41) is 0. The van der Waals surface area contributed by atoms with E-state index < -0.39 is 0 Å². The van der Waals surface area contributed by atoms with E-state index in [-0.39, 0.29) is 0 Å². The van der Waals surface area contributed by atoms with Crippen LogP contribution in [0, 0.1) is 23.7 Å². The van der Waals surface area contributed by atoms with Crippen LogP contribution in [0.2, 0.25) is 0 Å². The van der Waals surface area contributed by atoms with E-state index in [0.29, 0.717) is 17.9 Å². The number of hydrogen-bond donors (Lipinski definition) is 0. The molecule has 0 radical (unpaired) electrons. The van der Waals surface area contributed by atoms with Gasteiger partial charge in [0, 0.05) is 18.9 Å². The van der Waals surface area contributed by atoms with Crippen molar-refractivity contribution in [2.24, 2.45) is 23.7 Å². The highest BCUT2D eigenvalue weighted by molar-refractivity contribution is 6.18. The van der Waals surface area contributed by atoms with E-state index in [9.17, 15) is 0 Å². The van der Waals surface area contributed by atoms with Gasteiger partial charge < -0.3 is 4.74 Å². The predicted octanol–water partition coefficient (Wildman–Crippen LogP) is 3.17. The number of methoxy groups -OCH3 is 1. The highest BCUT2D eigenvalue weighted by atomic mass is 35.5. The lowest BCUT2D eigenvalue weighted by atomic mass is 9.68. The highest BCUT2D eigenvalue weighted by Crippen LogP contribution is 2.39. The van der Waals surface area contributed by atoms with Gasteiger partial charge in [-0.25, -0.2) is 0 Å². The van der Waals surface area contributed by atoms with Gasteiger partial charge in [-0.2, -0.15) is 0 Å². The Morgan fingerprint density at radius 2 is 1.85 bits per heavy atom. The average molecular weight is 205 g/mol. The molecule has 13 heavy (non-hydrogen) atoms. The quantitative estimate of drug-likeness (QED) is 0.628. The highest BCUT2D eigenvalue weighted by Gasteiger charge is 2.38. The zero-order valence-electron chi connectivity index (χ0n) is 9.09. The van der Waals surface area contributed by atoms with Crippen LogP contribution in [0.15, 0.2) is 0 Å². The summed E-state index contributed by atoms with van der Waals surface area (Å²) in [6, 6.07) is 0. The van der Waals surface area contributed by atoms with Gasteiger partial charge in [0.2, 0.25) is 0 Å². The second-order valence-electron chi connectivity index (χ2n) is 4.52. The molecule has 1 fully saturated rings. The molecule has 0 amide bonds. The topological polar surface area (TPSA) is 9.23 Å². The van der Waals surface area contributed by atoms with Crippen LogP contribution in [-0.4, -0.2) is 19.1 Å². The molecule has 0 saturated heterocycles. The van der Waals surface area contributed by atoms with Crippen molar-refractivity contribution in [2.75, 3.05) is 13.0 Å². The zero-order valence-corrected chi connectivity index (χ0v) is 9.84. The molecule has 2 heteroatoms. The Kier molecular flexibility index (Phi) is 4.06. The van der Waals surface area contributed by atoms with Crippen LogP contribution < -0.4 is 0 Å². The normalized spacial score (nSPS) is 46.4. The van der Waals surface area contributed by atoms with Crippen LogP contribution in [0.5, 0.6) is 0 Å². The van der Waals surface area contributed by atoms with Crippen molar-refractivity contribution in [2.45, 2.75) is 33.3 Å². The fourth-order valence-corrected chi connectivity index (χ4v) is 2.99. The molecule has 5 unspecified atom stereocenters. The number of ether oxygens (including phenoxy) is 1. The molecule has 0 aromatic carbocycles. The van der Waals surface area contributed by atoms with Crippen LogP contribution in [0.3, 0.4) is 0 Å². The van der Waals surface area contributed by atoms with E-state index >= 15 is 0 Å². The number of hydrogen-bond acceptors (Lipinski definition) is 1. The Labute approximate surface area is 86.8 Å². The summed E-state index contributed by atoms with van der Waals surface area (Å²) in [6.45, 7) is 6.96. The molecule has 1 saturated carbocycles. The molecule has 1 aliphatic rings. The number of rotatable bonds is 2. The minimum atomic E-state index is 0.374. The van der Waals surface area contributed by atoms with Crippen molar-refractivity contribution in [3.8, 4) is 0 Å². The summed E-state index contributed by atoms with van der Waals surface area (Å²) >= 11 is 5.98. The van der Waals surface area contributed by atoms with Gasteiger partial charge in [0.25, 0.3) is 0 Å². The molecule has 0 heterocycles. The molecule has 0 aliphatic heterocycles. The van der Waals surface area contributed by atoms with Crippen molar-refractivity contribution in [1.82, 2.24) is 0 Å². The van der Waals surface area contributed by atoms with Gasteiger partial charge in [0.15, 0.2) is 0 Å². The second-order valence-corrected chi connectivity index (χ2v) is 4.83. The lowest BCUT2D eigenvalue weighted by Crippen LogP contribution is -2.41. The molecule has 1 nitrogen and oxygen atoms in total.